The maximum Gasteiger partial charge on any atom is 0.104 e. The quantitative estimate of drug-likeness (QED) is 0.784. The summed E-state index contributed by atoms with van der Waals surface area (Å²) in [7, 11) is 0. The molecule has 4 saturated carbocycles. The fourth-order valence-corrected chi connectivity index (χ4v) is 5.86. The van der Waals surface area contributed by atoms with Crippen LogP contribution in [-0.4, -0.2) is 17.8 Å². The van der Waals surface area contributed by atoms with E-state index in [0.29, 0.717) is 18.1 Å². The molecule has 0 spiro atoms. The van der Waals surface area contributed by atoms with E-state index in [1.165, 1.54) is 38.5 Å². The van der Waals surface area contributed by atoms with Crippen LogP contribution in [0.3, 0.4) is 0 Å². The van der Waals surface area contributed by atoms with Crippen LogP contribution in [0.1, 0.15) is 57.1 Å². The summed E-state index contributed by atoms with van der Waals surface area (Å²) >= 11 is 0. The molecule has 0 amide bonds. The Balaban J connectivity index is 1.31. The largest absolute Gasteiger partial charge is 0.386 e. The van der Waals surface area contributed by atoms with E-state index in [-0.39, 0.29) is 0 Å². The third kappa shape index (κ3) is 3.07. The van der Waals surface area contributed by atoms with Crippen molar-refractivity contribution < 1.29 is 9.94 Å². The van der Waals surface area contributed by atoms with Gasteiger partial charge in [-0.05, 0) is 74.2 Å². The Kier molecular flexibility index (Phi) is 4.21. The summed E-state index contributed by atoms with van der Waals surface area (Å²) in [6.07, 6.45) is 7.97. The number of hydroxylamine groups is 1. The Bertz CT molecular complexity index is 494. The van der Waals surface area contributed by atoms with Gasteiger partial charge in [-0.2, -0.15) is 5.48 Å². The summed E-state index contributed by atoms with van der Waals surface area (Å²) in [6, 6.07) is 10.1. The van der Waals surface area contributed by atoms with Gasteiger partial charge in [0.15, 0.2) is 0 Å². The van der Waals surface area contributed by atoms with Crippen molar-refractivity contribution in [2.45, 2.75) is 57.6 Å². The average Bonchev–Trinajstić information content (AvgIpc) is 2.54. The first-order valence-electron chi connectivity index (χ1n) is 9.25. The van der Waals surface area contributed by atoms with Gasteiger partial charge in [-0.25, -0.2) is 0 Å². The molecule has 0 heterocycles. The molecule has 4 aliphatic rings. The fraction of sp³-hybridized carbons (Fsp3) is 0.700. The molecule has 0 aliphatic heterocycles. The molecule has 0 radical (unpaired) electrons. The molecule has 2 N–H and O–H groups in total. The molecule has 4 fully saturated rings. The first kappa shape index (κ1) is 15.6. The molecule has 0 unspecified atom stereocenters. The van der Waals surface area contributed by atoms with Crippen LogP contribution in [0.15, 0.2) is 30.3 Å². The molecular formula is C20H29NO2. The van der Waals surface area contributed by atoms with Gasteiger partial charge in [-0.15, -0.1) is 0 Å². The molecule has 4 aliphatic carbocycles. The predicted molar refractivity (Wildman–Crippen MR) is 90.6 cm³/mol. The normalized spacial score (nSPS) is 37.7. The minimum absolute atomic E-state index is 0.306. The Hall–Kier alpha value is -0.900. The van der Waals surface area contributed by atoms with E-state index >= 15 is 0 Å². The van der Waals surface area contributed by atoms with Crippen LogP contribution < -0.4 is 5.48 Å². The zero-order valence-corrected chi connectivity index (χ0v) is 14.1. The van der Waals surface area contributed by atoms with Crippen molar-refractivity contribution in [1.82, 2.24) is 5.48 Å². The van der Waals surface area contributed by atoms with Gasteiger partial charge in [0.2, 0.25) is 0 Å². The van der Waals surface area contributed by atoms with Crippen molar-refractivity contribution in [3.05, 3.63) is 35.9 Å². The summed E-state index contributed by atoms with van der Waals surface area (Å²) in [5.74, 6) is 2.88. The second kappa shape index (κ2) is 6.19. The summed E-state index contributed by atoms with van der Waals surface area (Å²) in [5, 5.41) is 10.2. The van der Waals surface area contributed by atoms with E-state index in [1.54, 1.807) is 0 Å². The van der Waals surface area contributed by atoms with E-state index in [9.17, 15) is 5.11 Å². The smallest absolute Gasteiger partial charge is 0.104 e. The fourth-order valence-electron chi connectivity index (χ4n) is 5.86. The zero-order chi connectivity index (χ0) is 15.9. The zero-order valence-electron chi connectivity index (χ0n) is 14.1. The predicted octanol–water partition coefficient (Wildman–Crippen LogP) is 3.85. The summed E-state index contributed by atoms with van der Waals surface area (Å²) in [5.41, 5.74) is 4.63. The summed E-state index contributed by atoms with van der Waals surface area (Å²) in [4.78, 5) is 5.70. The van der Waals surface area contributed by atoms with Crippen LogP contribution >= 0.6 is 0 Å². The topological polar surface area (TPSA) is 41.5 Å². The van der Waals surface area contributed by atoms with Crippen LogP contribution in [-0.2, 0) is 4.84 Å². The number of benzene rings is 1. The van der Waals surface area contributed by atoms with Gasteiger partial charge in [0.25, 0.3) is 0 Å². The lowest BCUT2D eigenvalue weighted by atomic mass is 9.48. The highest BCUT2D eigenvalue weighted by molar-refractivity contribution is 5.17. The minimum Gasteiger partial charge on any atom is -0.386 e. The molecule has 4 bridgehead atoms. The van der Waals surface area contributed by atoms with Gasteiger partial charge in [-0.3, -0.25) is 4.84 Å². The van der Waals surface area contributed by atoms with Crippen molar-refractivity contribution in [3.63, 3.8) is 0 Å². The molecule has 1 aromatic rings. The minimum atomic E-state index is -0.563. The van der Waals surface area contributed by atoms with E-state index in [2.05, 4.69) is 12.4 Å². The van der Waals surface area contributed by atoms with Crippen molar-refractivity contribution in [3.8, 4) is 0 Å². The van der Waals surface area contributed by atoms with E-state index in [0.717, 1.165) is 23.3 Å². The maximum absolute atomic E-state index is 10.2. The van der Waals surface area contributed by atoms with Crippen LogP contribution in [0, 0.1) is 23.2 Å². The molecule has 0 aromatic heterocycles. The Morgan fingerprint density at radius 1 is 1.09 bits per heavy atom. The number of nitrogens with one attached hydrogen (secondary N) is 1. The van der Waals surface area contributed by atoms with Crippen molar-refractivity contribution in [2.75, 3.05) is 6.61 Å². The number of aliphatic hydroxyl groups excluding tert-OH is 1. The molecule has 5 rings (SSSR count). The van der Waals surface area contributed by atoms with Crippen LogP contribution in [0.25, 0.3) is 0 Å². The van der Waals surface area contributed by atoms with Crippen LogP contribution in [0.5, 0.6) is 0 Å². The van der Waals surface area contributed by atoms with Crippen molar-refractivity contribution in [1.29, 1.82) is 0 Å². The number of hydrogen-bond donors (Lipinski definition) is 2. The number of hydrogen-bond acceptors (Lipinski definition) is 3. The molecule has 3 nitrogen and oxygen atoms in total. The molecule has 126 valence electrons. The van der Waals surface area contributed by atoms with E-state index in [4.69, 9.17) is 4.84 Å². The van der Waals surface area contributed by atoms with Gasteiger partial charge >= 0.3 is 0 Å². The first-order valence-corrected chi connectivity index (χ1v) is 9.25. The second-order valence-electron chi connectivity index (χ2n) is 8.36. The van der Waals surface area contributed by atoms with E-state index < -0.39 is 6.10 Å². The molecule has 3 heteroatoms. The Morgan fingerprint density at radius 3 is 2.22 bits per heavy atom. The first-order chi connectivity index (χ1) is 11.1. The highest BCUT2D eigenvalue weighted by Crippen LogP contribution is 2.61. The molecule has 23 heavy (non-hydrogen) atoms. The van der Waals surface area contributed by atoms with Gasteiger partial charge in [0.05, 0.1) is 6.61 Å². The Labute approximate surface area is 139 Å². The molecule has 1 aromatic carbocycles. The third-order valence-electron chi connectivity index (χ3n) is 6.69. The van der Waals surface area contributed by atoms with Gasteiger partial charge in [0.1, 0.15) is 6.10 Å². The third-order valence-corrected chi connectivity index (χ3v) is 6.69. The summed E-state index contributed by atoms with van der Waals surface area (Å²) in [6.45, 7) is 2.59. The average molecular weight is 315 g/mol. The van der Waals surface area contributed by atoms with Gasteiger partial charge in [0, 0.05) is 6.04 Å². The SMILES string of the molecule is C[C@H](NOC[C@H](O)c1ccccc1)C12CC3CC(CC(C3)C1)C2. The maximum atomic E-state index is 10.2. The molecule has 2 atom stereocenters. The number of rotatable bonds is 6. The lowest BCUT2D eigenvalue weighted by Crippen LogP contribution is -2.54. The van der Waals surface area contributed by atoms with Crippen LogP contribution in [0.2, 0.25) is 0 Å². The monoisotopic (exact) mass is 315 g/mol. The second-order valence-corrected chi connectivity index (χ2v) is 8.36. The van der Waals surface area contributed by atoms with Crippen LogP contribution in [0.4, 0.5) is 0 Å². The standard InChI is InChI=1S/C20H29NO2/c1-14(21-23-13-19(22)18-5-3-2-4-6-18)20-10-15-7-16(11-20)9-17(8-15)12-20/h2-6,14-17,19,21-22H,7-13H2,1H3/t14-,15?,16?,17?,19-,20?/m0/s1. The highest BCUT2D eigenvalue weighted by Gasteiger charge is 2.53. The van der Waals surface area contributed by atoms with Gasteiger partial charge in [-0.1, -0.05) is 30.3 Å². The van der Waals surface area contributed by atoms with Gasteiger partial charge < -0.3 is 5.11 Å². The van der Waals surface area contributed by atoms with Crippen molar-refractivity contribution in [2.24, 2.45) is 23.2 Å². The summed E-state index contributed by atoms with van der Waals surface area (Å²) < 4.78 is 0. The molecule has 0 saturated heterocycles. The lowest BCUT2D eigenvalue weighted by molar-refractivity contribution is -0.116. The highest BCUT2D eigenvalue weighted by atomic mass is 16.6. The van der Waals surface area contributed by atoms with E-state index in [1.807, 2.05) is 30.3 Å². The molecular weight excluding hydrogens is 286 g/mol. The lowest BCUT2D eigenvalue weighted by Gasteiger charge is -2.59. The van der Waals surface area contributed by atoms with Crippen molar-refractivity contribution >= 4 is 0 Å². The Morgan fingerprint density at radius 2 is 1.65 bits per heavy atom. The number of aliphatic hydroxyl groups is 1.